The second-order valence-electron chi connectivity index (χ2n) is 6.85. The molecule has 0 aliphatic heterocycles. The molecular weight excluding hydrogens is 250 g/mol. The molecule has 2 heteroatoms. The van der Waals surface area contributed by atoms with Gasteiger partial charge in [-0.15, -0.1) is 11.3 Å². The highest BCUT2D eigenvalue weighted by Crippen LogP contribution is 2.70. The lowest BCUT2D eigenvalue weighted by Gasteiger charge is -2.21. The van der Waals surface area contributed by atoms with Gasteiger partial charge in [-0.1, -0.05) is 13.0 Å². The molecule has 3 saturated carbocycles. The minimum Gasteiger partial charge on any atom is -0.314 e. The number of thiophene rings is 1. The zero-order valence-electron chi connectivity index (χ0n) is 11.8. The van der Waals surface area contributed by atoms with E-state index in [1.165, 1.54) is 12.8 Å². The van der Waals surface area contributed by atoms with Crippen molar-refractivity contribution in [2.24, 2.45) is 29.6 Å². The van der Waals surface area contributed by atoms with E-state index in [1.54, 1.807) is 24.1 Å². The summed E-state index contributed by atoms with van der Waals surface area (Å²) in [6.07, 6.45) is 7.31. The van der Waals surface area contributed by atoms with Crippen LogP contribution in [0.1, 0.15) is 37.5 Å². The van der Waals surface area contributed by atoms with Crippen molar-refractivity contribution in [2.45, 2.75) is 45.1 Å². The second-order valence-corrected chi connectivity index (χ2v) is 7.88. The highest BCUT2D eigenvalue weighted by Gasteiger charge is 2.66. The average Bonchev–Trinajstić information content (AvgIpc) is 2.83. The van der Waals surface area contributed by atoms with Crippen molar-refractivity contribution in [3.63, 3.8) is 0 Å². The largest absolute Gasteiger partial charge is 0.314 e. The van der Waals surface area contributed by atoms with E-state index in [-0.39, 0.29) is 0 Å². The standard InChI is InChI=1S/C17H25NS/c1-2-18-14(8-7-13-4-3-9-19-13)17-15-11-5-6-12(10-11)16(15)17/h3-4,9,11-12,14-18H,2,5-8,10H2,1H3. The van der Waals surface area contributed by atoms with Crippen molar-refractivity contribution >= 4 is 11.3 Å². The molecule has 1 aromatic rings. The van der Waals surface area contributed by atoms with Gasteiger partial charge < -0.3 is 5.32 Å². The van der Waals surface area contributed by atoms with Crippen LogP contribution in [-0.2, 0) is 6.42 Å². The number of fused-ring (bicyclic) bond motifs is 5. The Kier molecular flexibility index (Phi) is 3.19. The normalized spacial score (nSPS) is 40.4. The Morgan fingerprint density at radius 1 is 1.32 bits per heavy atom. The first kappa shape index (κ1) is 12.4. The van der Waals surface area contributed by atoms with E-state index >= 15 is 0 Å². The van der Waals surface area contributed by atoms with Crippen LogP contribution in [-0.4, -0.2) is 12.6 Å². The zero-order chi connectivity index (χ0) is 12.8. The Balaban J connectivity index is 1.39. The summed E-state index contributed by atoms with van der Waals surface area (Å²) in [5.74, 6) is 5.49. The van der Waals surface area contributed by atoms with Gasteiger partial charge in [0.25, 0.3) is 0 Å². The van der Waals surface area contributed by atoms with Gasteiger partial charge in [0.15, 0.2) is 0 Å². The van der Waals surface area contributed by atoms with Crippen molar-refractivity contribution < 1.29 is 0 Å². The molecule has 2 bridgehead atoms. The fourth-order valence-electron chi connectivity index (χ4n) is 5.38. The fraction of sp³-hybridized carbons (Fsp3) is 0.765. The van der Waals surface area contributed by atoms with Crippen LogP contribution in [0.25, 0.3) is 0 Å². The Bertz CT molecular complexity index is 410. The van der Waals surface area contributed by atoms with Crippen LogP contribution in [0.3, 0.4) is 0 Å². The fourth-order valence-corrected chi connectivity index (χ4v) is 6.10. The van der Waals surface area contributed by atoms with Gasteiger partial charge in [0, 0.05) is 10.9 Å². The molecule has 3 aliphatic carbocycles. The third-order valence-electron chi connectivity index (χ3n) is 6.01. The van der Waals surface area contributed by atoms with Gasteiger partial charge in [-0.3, -0.25) is 0 Å². The number of rotatable bonds is 6. The lowest BCUT2D eigenvalue weighted by molar-refractivity contribution is 0.353. The first-order valence-corrected chi connectivity index (χ1v) is 9.02. The van der Waals surface area contributed by atoms with Crippen LogP contribution >= 0.6 is 11.3 Å². The third kappa shape index (κ3) is 2.08. The monoisotopic (exact) mass is 275 g/mol. The van der Waals surface area contributed by atoms with E-state index in [9.17, 15) is 0 Å². The van der Waals surface area contributed by atoms with Crippen molar-refractivity contribution in [2.75, 3.05) is 6.54 Å². The van der Waals surface area contributed by atoms with Gasteiger partial charge in [-0.05, 0) is 79.7 Å². The van der Waals surface area contributed by atoms with Gasteiger partial charge >= 0.3 is 0 Å². The van der Waals surface area contributed by atoms with Crippen LogP contribution in [0.2, 0.25) is 0 Å². The molecule has 0 amide bonds. The first-order valence-electron chi connectivity index (χ1n) is 8.14. The molecule has 0 spiro atoms. The predicted octanol–water partition coefficient (Wildman–Crippen LogP) is 3.95. The summed E-state index contributed by atoms with van der Waals surface area (Å²) in [7, 11) is 0. The third-order valence-corrected chi connectivity index (χ3v) is 6.94. The highest BCUT2D eigenvalue weighted by atomic mass is 32.1. The summed E-state index contributed by atoms with van der Waals surface area (Å²) in [5, 5.41) is 6.02. The summed E-state index contributed by atoms with van der Waals surface area (Å²) in [4.78, 5) is 1.57. The van der Waals surface area contributed by atoms with Crippen LogP contribution in [0.5, 0.6) is 0 Å². The molecule has 0 saturated heterocycles. The van der Waals surface area contributed by atoms with Crippen LogP contribution in [0.15, 0.2) is 17.5 Å². The molecule has 19 heavy (non-hydrogen) atoms. The van der Waals surface area contributed by atoms with E-state index < -0.39 is 0 Å². The van der Waals surface area contributed by atoms with Crippen LogP contribution in [0, 0.1) is 29.6 Å². The van der Waals surface area contributed by atoms with Gasteiger partial charge in [-0.25, -0.2) is 0 Å². The number of nitrogens with one attached hydrogen (secondary N) is 1. The van der Waals surface area contributed by atoms with E-state index in [2.05, 4.69) is 29.8 Å². The number of aryl methyl sites for hydroxylation is 1. The Morgan fingerprint density at radius 2 is 2.11 bits per heavy atom. The maximum Gasteiger partial charge on any atom is 0.0104 e. The lowest BCUT2D eigenvalue weighted by Crippen LogP contribution is -2.33. The molecule has 104 valence electrons. The molecule has 1 heterocycles. The molecule has 1 aromatic heterocycles. The summed E-state index contributed by atoms with van der Waals surface area (Å²) in [6, 6.07) is 5.28. The van der Waals surface area contributed by atoms with Crippen molar-refractivity contribution in [3.05, 3.63) is 22.4 Å². The molecule has 5 unspecified atom stereocenters. The molecule has 5 atom stereocenters. The molecule has 1 N–H and O–H groups in total. The van der Waals surface area contributed by atoms with E-state index in [1.807, 2.05) is 11.3 Å². The lowest BCUT2D eigenvalue weighted by atomic mass is 9.94. The summed E-state index contributed by atoms with van der Waals surface area (Å²) < 4.78 is 0. The van der Waals surface area contributed by atoms with Crippen molar-refractivity contribution in [1.82, 2.24) is 5.32 Å². The Labute approximate surface area is 120 Å². The first-order chi connectivity index (χ1) is 9.38. The summed E-state index contributed by atoms with van der Waals surface area (Å²) >= 11 is 1.92. The summed E-state index contributed by atoms with van der Waals surface area (Å²) in [6.45, 7) is 3.41. The van der Waals surface area contributed by atoms with Gasteiger partial charge in [0.05, 0.1) is 0 Å². The minimum atomic E-state index is 0.797. The zero-order valence-corrected chi connectivity index (χ0v) is 12.7. The van der Waals surface area contributed by atoms with E-state index in [0.29, 0.717) is 0 Å². The molecule has 0 radical (unpaired) electrons. The smallest absolute Gasteiger partial charge is 0.0104 e. The average molecular weight is 275 g/mol. The minimum absolute atomic E-state index is 0.797. The maximum atomic E-state index is 3.81. The van der Waals surface area contributed by atoms with Gasteiger partial charge in [0.1, 0.15) is 0 Å². The Hall–Kier alpha value is -0.340. The van der Waals surface area contributed by atoms with E-state index in [0.717, 1.165) is 42.2 Å². The molecule has 0 aromatic carbocycles. The van der Waals surface area contributed by atoms with Gasteiger partial charge in [-0.2, -0.15) is 0 Å². The summed E-state index contributed by atoms with van der Waals surface area (Å²) in [5.41, 5.74) is 0. The highest BCUT2D eigenvalue weighted by molar-refractivity contribution is 7.09. The topological polar surface area (TPSA) is 12.0 Å². The molecular formula is C17H25NS. The number of hydrogen-bond acceptors (Lipinski definition) is 2. The van der Waals surface area contributed by atoms with Gasteiger partial charge in [0.2, 0.25) is 0 Å². The molecule has 4 rings (SSSR count). The molecule has 3 fully saturated rings. The molecule has 1 nitrogen and oxygen atoms in total. The van der Waals surface area contributed by atoms with E-state index in [4.69, 9.17) is 0 Å². The second kappa shape index (κ2) is 4.89. The van der Waals surface area contributed by atoms with Crippen molar-refractivity contribution in [3.8, 4) is 0 Å². The molecule has 3 aliphatic rings. The number of hydrogen-bond donors (Lipinski definition) is 1. The van der Waals surface area contributed by atoms with Crippen LogP contribution in [0.4, 0.5) is 0 Å². The SMILES string of the molecule is CCNC(CCc1cccs1)C1C2C3CCC(C3)C21. The maximum absolute atomic E-state index is 3.81. The van der Waals surface area contributed by atoms with Crippen LogP contribution < -0.4 is 5.32 Å². The predicted molar refractivity (Wildman–Crippen MR) is 81.4 cm³/mol. The quantitative estimate of drug-likeness (QED) is 0.829. The Morgan fingerprint density at radius 3 is 2.74 bits per heavy atom. The van der Waals surface area contributed by atoms with Crippen molar-refractivity contribution in [1.29, 1.82) is 0 Å².